The van der Waals surface area contributed by atoms with Crippen LogP contribution in [-0.2, 0) is 21.4 Å². The first-order valence-corrected chi connectivity index (χ1v) is 10.9. The first-order chi connectivity index (χ1) is 13.2. The van der Waals surface area contributed by atoms with Gasteiger partial charge in [0.2, 0.25) is 15.9 Å². The molecule has 1 saturated heterocycles. The van der Waals surface area contributed by atoms with E-state index in [-0.39, 0.29) is 29.0 Å². The summed E-state index contributed by atoms with van der Waals surface area (Å²) in [5, 5.41) is 3.76. The molecule has 0 bridgehead atoms. The highest BCUT2D eigenvalue weighted by molar-refractivity contribution is 7.89. The van der Waals surface area contributed by atoms with Crippen molar-refractivity contribution in [3.8, 4) is 0 Å². The second-order valence-corrected chi connectivity index (χ2v) is 9.35. The van der Waals surface area contributed by atoms with E-state index < -0.39 is 10.0 Å². The van der Waals surface area contributed by atoms with Crippen LogP contribution in [0.4, 0.5) is 0 Å². The maximum atomic E-state index is 13.1. The summed E-state index contributed by atoms with van der Waals surface area (Å²) in [6, 6.07) is 7.96. The lowest BCUT2D eigenvalue weighted by Gasteiger charge is -2.33. The van der Waals surface area contributed by atoms with E-state index in [0.717, 1.165) is 11.1 Å². The fourth-order valence-corrected chi connectivity index (χ4v) is 5.58. The molecule has 1 aliphatic heterocycles. The molecule has 2 heterocycles. The number of rotatable bonds is 5. The van der Waals surface area contributed by atoms with Crippen LogP contribution in [0.3, 0.4) is 0 Å². The molecule has 1 fully saturated rings. The Balaban J connectivity index is 1.74. The third-order valence-electron chi connectivity index (χ3n) is 5.34. The molecule has 0 spiro atoms. The SMILES string of the molecule is Cc1ccccc1CN(C)C(=O)C1CCCN(S(=O)(=O)c2c(C)noc2C)C1. The molecule has 8 heteroatoms. The lowest BCUT2D eigenvalue weighted by molar-refractivity contribution is -0.135. The molecule has 7 nitrogen and oxygen atoms in total. The quantitative estimate of drug-likeness (QED) is 0.764. The summed E-state index contributed by atoms with van der Waals surface area (Å²) in [4.78, 5) is 14.8. The maximum Gasteiger partial charge on any atom is 0.248 e. The zero-order valence-electron chi connectivity index (χ0n) is 16.8. The second-order valence-electron chi connectivity index (χ2n) is 7.48. The molecule has 1 aromatic heterocycles. The van der Waals surface area contributed by atoms with E-state index in [1.807, 2.05) is 31.2 Å². The first kappa shape index (κ1) is 20.5. The fourth-order valence-electron chi connectivity index (χ4n) is 3.77. The minimum absolute atomic E-state index is 0.0260. The molecule has 1 amide bonds. The summed E-state index contributed by atoms with van der Waals surface area (Å²) in [6.45, 7) is 6.33. The maximum absolute atomic E-state index is 13.1. The minimum Gasteiger partial charge on any atom is -0.360 e. The van der Waals surface area contributed by atoms with Crippen LogP contribution >= 0.6 is 0 Å². The van der Waals surface area contributed by atoms with E-state index in [9.17, 15) is 13.2 Å². The van der Waals surface area contributed by atoms with Gasteiger partial charge in [0.15, 0.2) is 5.76 Å². The smallest absolute Gasteiger partial charge is 0.248 e. The van der Waals surface area contributed by atoms with E-state index >= 15 is 0 Å². The summed E-state index contributed by atoms with van der Waals surface area (Å²) in [5.41, 5.74) is 2.57. The van der Waals surface area contributed by atoms with Crippen LogP contribution in [0.15, 0.2) is 33.7 Å². The van der Waals surface area contributed by atoms with Crippen molar-refractivity contribution in [2.75, 3.05) is 20.1 Å². The van der Waals surface area contributed by atoms with Crippen LogP contribution in [0.1, 0.15) is 35.4 Å². The van der Waals surface area contributed by atoms with Gasteiger partial charge in [-0.3, -0.25) is 4.79 Å². The van der Waals surface area contributed by atoms with Crippen LogP contribution in [0, 0.1) is 26.7 Å². The van der Waals surface area contributed by atoms with E-state index in [1.54, 1.807) is 25.8 Å². The number of piperidine rings is 1. The van der Waals surface area contributed by atoms with Crippen molar-refractivity contribution in [3.63, 3.8) is 0 Å². The molecule has 28 heavy (non-hydrogen) atoms. The van der Waals surface area contributed by atoms with Crippen LogP contribution in [-0.4, -0.2) is 48.8 Å². The van der Waals surface area contributed by atoms with Gasteiger partial charge in [0.1, 0.15) is 10.6 Å². The number of hydrogen-bond acceptors (Lipinski definition) is 5. The fraction of sp³-hybridized carbons (Fsp3) is 0.500. The monoisotopic (exact) mass is 405 g/mol. The third-order valence-corrected chi connectivity index (χ3v) is 7.45. The lowest BCUT2D eigenvalue weighted by atomic mass is 9.98. The molecule has 1 unspecified atom stereocenters. The summed E-state index contributed by atoms with van der Waals surface area (Å²) in [5.74, 6) is -0.0949. The molecule has 0 radical (unpaired) electrons. The molecule has 2 aromatic rings. The first-order valence-electron chi connectivity index (χ1n) is 9.44. The second kappa shape index (κ2) is 8.05. The highest BCUT2D eigenvalue weighted by atomic mass is 32.2. The predicted octanol–water partition coefficient (Wildman–Crippen LogP) is 2.66. The van der Waals surface area contributed by atoms with Crippen molar-refractivity contribution in [2.45, 2.75) is 45.1 Å². The summed E-state index contributed by atoms with van der Waals surface area (Å²) in [7, 11) is -1.96. The molecule has 152 valence electrons. The Bertz CT molecular complexity index is 948. The Labute approximate surface area is 166 Å². The largest absolute Gasteiger partial charge is 0.360 e. The van der Waals surface area contributed by atoms with Gasteiger partial charge in [-0.25, -0.2) is 8.42 Å². The van der Waals surface area contributed by atoms with Gasteiger partial charge in [-0.1, -0.05) is 29.4 Å². The van der Waals surface area contributed by atoms with Gasteiger partial charge < -0.3 is 9.42 Å². The van der Waals surface area contributed by atoms with Gasteiger partial charge in [0.05, 0.1) is 5.92 Å². The Morgan fingerprint density at radius 3 is 2.64 bits per heavy atom. The van der Waals surface area contributed by atoms with E-state index in [4.69, 9.17) is 4.52 Å². The average Bonchev–Trinajstić information content (AvgIpc) is 3.02. The number of nitrogens with zero attached hydrogens (tertiary/aromatic N) is 3. The number of benzene rings is 1. The van der Waals surface area contributed by atoms with Crippen LogP contribution in [0.2, 0.25) is 0 Å². The van der Waals surface area contributed by atoms with Gasteiger partial charge in [-0.15, -0.1) is 0 Å². The molecule has 1 atom stereocenters. The topological polar surface area (TPSA) is 83.7 Å². The van der Waals surface area contributed by atoms with Gasteiger partial charge in [-0.2, -0.15) is 4.31 Å². The van der Waals surface area contributed by atoms with Gasteiger partial charge in [0, 0.05) is 26.7 Å². The highest BCUT2D eigenvalue weighted by Gasteiger charge is 2.37. The zero-order chi connectivity index (χ0) is 20.5. The average molecular weight is 406 g/mol. The van der Waals surface area contributed by atoms with Crippen molar-refractivity contribution < 1.29 is 17.7 Å². The number of amides is 1. The van der Waals surface area contributed by atoms with Crippen molar-refractivity contribution in [1.82, 2.24) is 14.4 Å². The molecule has 1 aromatic carbocycles. The van der Waals surface area contributed by atoms with Crippen LogP contribution in [0.25, 0.3) is 0 Å². The van der Waals surface area contributed by atoms with E-state index in [1.165, 1.54) is 4.31 Å². The Morgan fingerprint density at radius 1 is 1.29 bits per heavy atom. The number of aromatic nitrogens is 1. The third kappa shape index (κ3) is 3.98. The van der Waals surface area contributed by atoms with Crippen molar-refractivity contribution in [2.24, 2.45) is 5.92 Å². The van der Waals surface area contributed by atoms with Crippen LogP contribution < -0.4 is 0 Å². The summed E-state index contributed by atoms with van der Waals surface area (Å²) < 4.78 is 32.6. The van der Waals surface area contributed by atoms with Gasteiger partial charge in [-0.05, 0) is 44.7 Å². The minimum atomic E-state index is -3.73. The molecular weight excluding hydrogens is 378 g/mol. The van der Waals surface area contributed by atoms with Crippen LogP contribution in [0.5, 0.6) is 0 Å². The number of carbonyl (C=O) groups excluding carboxylic acids is 1. The zero-order valence-corrected chi connectivity index (χ0v) is 17.6. The van der Waals surface area contributed by atoms with E-state index in [2.05, 4.69) is 5.16 Å². The van der Waals surface area contributed by atoms with E-state index in [0.29, 0.717) is 31.6 Å². The van der Waals surface area contributed by atoms with Crippen molar-refractivity contribution >= 4 is 15.9 Å². The van der Waals surface area contributed by atoms with Crippen molar-refractivity contribution in [1.29, 1.82) is 0 Å². The molecule has 0 aliphatic carbocycles. The molecule has 3 rings (SSSR count). The molecular formula is C20H27N3O4S. The summed E-state index contributed by atoms with van der Waals surface area (Å²) >= 11 is 0. The molecule has 1 aliphatic rings. The Morgan fingerprint density at radius 2 is 2.00 bits per heavy atom. The number of sulfonamides is 1. The summed E-state index contributed by atoms with van der Waals surface area (Å²) in [6.07, 6.45) is 1.34. The number of hydrogen-bond donors (Lipinski definition) is 0. The number of aryl methyl sites for hydroxylation is 3. The molecule has 0 saturated carbocycles. The molecule has 0 N–H and O–H groups in total. The standard InChI is InChI=1S/C20H27N3O4S/c1-14-8-5-6-9-17(14)12-22(4)20(24)18-10-7-11-23(13-18)28(25,26)19-15(2)21-27-16(19)3/h5-6,8-9,18H,7,10-13H2,1-4H3. The normalized spacial score (nSPS) is 18.2. The van der Waals surface area contributed by atoms with Gasteiger partial charge in [0.25, 0.3) is 0 Å². The number of carbonyl (C=O) groups is 1. The Kier molecular flexibility index (Phi) is 5.90. The Hall–Kier alpha value is -2.19. The van der Waals surface area contributed by atoms with Gasteiger partial charge >= 0.3 is 0 Å². The highest BCUT2D eigenvalue weighted by Crippen LogP contribution is 2.28. The lowest BCUT2D eigenvalue weighted by Crippen LogP contribution is -2.45. The predicted molar refractivity (Wildman–Crippen MR) is 105 cm³/mol. The van der Waals surface area contributed by atoms with Crippen molar-refractivity contribution in [3.05, 3.63) is 46.8 Å².